The maximum atomic E-state index is 6.07. The van der Waals surface area contributed by atoms with Crippen LogP contribution in [0, 0.1) is 5.92 Å². The number of hydrogen-bond acceptors (Lipinski definition) is 4. The van der Waals surface area contributed by atoms with Crippen molar-refractivity contribution in [1.29, 1.82) is 0 Å². The van der Waals surface area contributed by atoms with E-state index in [0.717, 1.165) is 35.3 Å². The highest BCUT2D eigenvalue weighted by Crippen LogP contribution is 2.32. The van der Waals surface area contributed by atoms with Gasteiger partial charge in [-0.3, -0.25) is 0 Å². The van der Waals surface area contributed by atoms with Crippen LogP contribution >= 0.6 is 11.6 Å². The summed E-state index contributed by atoms with van der Waals surface area (Å²) in [4.78, 5) is 8.82. The van der Waals surface area contributed by atoms with Gasteiger partial charge in [0, 0.05) is 19.0 Å². The molecule has 5 heteroatoms. The Morgan fingerprint density at radius 2 is 2.14 bits per heavy atom. The van der Waals surface area contributed by atoms with E-state index in [1.807, 2.05) is 24.3 Å². The Morgan fingerprint density at radius 1 is 1.29 bits per heavy atom. The molecule has 0 saturated heterocycles. The van der Waals surface area contributed by atoms with Crippen LogP contribution in [0.15, 0.2) is 30.3 Å². The number of hydrogen-bond donors (Lipinski definition) is 1. The van der Waals surface area contributed by atoms with E-state index in [1.54, 1.807) is 13.2 Å². The van der Waals surface area contributed by atoms with Gasteiger partial charge in [-0.2, -0.15) is 0 Å². The normalized spacial score (nSPS) is 14.0. The van der Waals surface area contributed by atoms with Gasteiger partial charge < -0.3 is 10.1 Å². The molecule has 0 aliphatic heterocycles. The Labute approximate surface area is 129 Å². The van der Waals surface area contributed by atoms with Gasteiger partial charge in [-0.05, 0) is 36.5 Å². The van der Waals surface area contributed by atoms with Crippen LogP contribution in [0.5, 0.6) is 5.75 Å². The molecule has 0 amide bonds. The number of benzene rings is 1. The van der Waals surface area contributed by atoms with Crippen LogP contribution in [0.1, 0.15) is 24.2 Å². The summed E-state index contributed by atoms with van der Waals surface area (Å²) in [6.07, 6.45) is 3.49. The third kappa shape index (κ3) is 4.08. The molecule has 21 heavy (non-hydrogen) atoms. The molecule has 0 atom stereocenters. The van der Waals surface area contributed by atoms with E-state index in [-0.39, 0.29) is 0 Å². The van der Waals surface area contributed by atoms with Gasteiger partial charge in [-0.1, -0.05) is 23.7 Å². The van der Waals surface area contributed by atoms with Gasteiger partial charge in [0.15, 0.2) is 0 Å². The fourth-order valence-electron chi connectivity index (χ4n) is 2.20. The van der Waals surface area contributed by atoms with E-state index < -0.39 is 0 Å². The molecule has 0 unspecified atom stereocenters. The van der Waals surface area contributed by atoms with Gasteiger partial charge in [0.25, 0.3) is 0 Å². The van der Waals surface area contributed by atoms with Crippen LogP contribution in [0.4, 0.5) is 5.82 Å². The smallest absolute Gasteiger partial charge is 0.134 e. The molecule has 3 rings (SSSR count). The van der Waals surface area contributed by atoms with E-state index in [0.29, 0.717) is 11.7 Å². The molecule has 1 aromatic carbocycles. The highest BCUT2D eigenvalue weighted by Gasteiger charge is 2.23. The standard InChI is InChI=1S/C16H18ClN3O/c1-21-13-4-2-3-12(7-13)10-18-15-9-14(17)19-16(20-15)8-11-5-6-11/h2-4,7,9,11H,5-6,8,10H2,1H3,(H,18,19,20). The molecule has 1 fully saturated rings. The van der Waals surface area contributed by atoms with Gasteiger partial charge in [-0.15, -0.1) is 0 Å². The van der Waals surface area contributed by atoms with E-state index in [1.165, 1.54) is 12.8 Å². The minimum absolute atomic E-state index is 0.494. The first kappa shape index (κ1) is 14.1. The molecule has 4 nitrogen and oxygen atoms in total. The molecule has 1 N–H and O–H groups in total. The van der Waals surface area contributed by atoms with Gasteiger partial charge >= 0.3 is 0 Å². The molecule has 1 aliphatic rings. The third-order valence-electron chi connectivity index (χ3n) is 3.52. The molecule has 1 aliphatic carbocycles. The van der Waals surface area contributed by atoms with Crippen molar-refractivity contribution in [3.05, 3.63) is 46.9 Å². The number of nitrogens with zero attached hydrogens (tertiary/aromatic N) is 2. The maximum absolute atomic E-state index is 6.07. The van der Waals surface area contributed by atoms with Crippen LogP contribution in [-0.4, -0.2) is 17.1 Å². The lowest BCUT2D eigenvalue weighted by Crippen LogP contribution is -2.05. The predicted molar refractivity (Wildman–Crippen MR) is 83.8 cm³/mol. The Bertz CT molecular complexity index is 629. The summed E-state index contributed by atoms with van der Waals surface area (Å²) in [6, 6.07) is 9.71. The van der Waals surface area contributed by atoms with Crippen molar-refractivity contribution in [2.75, 3.05) is 12.4 Å². The molecule has 110 valence electrons. The lowest BCUT2D eigenvalue weighted by molar-refractivity contribution is 0.414. The SMILES string of the molecule is COc1cccc(CNc2cc(Cl)nc(CC3CC3)n2)c1. The van der Waals surface area contributed by atoms with E-state index >= 15 is 0 Å². The van der Waals surface area contributed by atoms with Crippen molar-refractivity contribution in [3.8, 4) is 5.75 Å². The lowest BCUT2D eigenvalue weighted by Gasteiger charge is -2.09. The zero-order valence-electron chi connectivity index (χ0n) is 12.0. The highest BCUT2D eigenvalue weighted by atomic mass is 35.5. The average Bonchev–Trinajstić information content (AvgIpc) is 3.29. The average molecular weight is 304 g/mol. The van der Waals surface area contributed by atoms with E-state index in [4.69, 9.17) is 16.3 Å². The van der Waals surface area contributed by atoms with E-state index in [9.17, 15) is 0 Å². The molecule has 0 radical (unpaired) electrons. The van der Waals surface area contributed by atoms with Crippen LogP contribution in [0.2, 0.25) is 5.15 Å². The number of halogens is 1. The van der Waals surface area contributed by atoms with Crippen LogP contribution in [-0.2, 0) is 13.0 Å². The first-order valence-corrected chi connectivity index (χ1v) is 7.51. The molecule has 2 aromatic rings. The summed E-state index contributed by atoms with van der Waals surface area (Å²) < 4.78 is 5.22. The fraction of sp³-hybridized carbons (Fsp3) is 0.375. The van der Waals surface area contributed by atoms with Crippen molar-refractivity contribution in [2.45, 2.75) is 25.8 Å². The minimum Gasteiger partial charge on any atom is -0.497 e. The fourth-order valence-corrected chi connectivity index (χ4v) is 2.40. The van der Waals surface area contributed by atoms with Crippen molar-refractivity contribution in [1.82, 2.24) is 9.97 Å². The second kappa shape index (κ2) is 6.31. The second-order valence-electron chi connectivity index (χ2n) is 5.34. The van der Waals surface area contributed by atoms with Crippen molar-refractivity contribution in [3.63, 3.8) is 0 Å². The minimum atomic E-state index is 0.494. The van der Waals surface area contributed by atoms with Gasteiger partial charge in [0.2, 0.25) is 0 Å². The molecule has 1 aromatic heterocycles. The van der Waals surface area contributed by atoms with E-state index in [2.05, 4.69) is 15.3 Å². The Morgan fingerprint density at radius 3 is 2.90 bits per heavy atom. The number of rotatable bonds is 6. The summed E-state index contributed by atoms with van der Waals surface area (Å²) in [5, 5.41) is 3.79. The maximum Gasteiger partial charge on any atom is 0.134 e. The zero-order valence-corrected chi connectivity index (χ0v) is 12.7. The zero-order chi connectivity index (χ0) is 14.7. The first-order valence-electron chi connectivity index (χ1n) is 7.13. The topological polar surface area (TPSA) is 47.0 Å². The molecule has 1 saturated carbocycles. The largest absolute Gasteiger partial charge is 0.497 e. The molecule has 0 bridgehead atoms. The Kier molecular flexibility index (Phi) is 4.25. The van der Waals surface area contributed by atoms with Gasteiger partial charge in [0.1, 0.15) is 22.5 Å². The first-order chi connectivity index (χ1) is 10.2. The summed E-state index contributed by atoms with van der Waals surface area (Å²) in [5.41, 5.74) is 1.13. The van der Waals surface area contributed by atoms with Crippen LogP contribution in [0.3, 0.4) is 0 Å². The highest BCUT2D eigenvalue weighted by molar-refractivity contribution is 6.29. The summed E-state index contributed by atoms with van der Waals surface area (Å²) in [5.74, 6) is 3.20. The number of anilines is 1. The van der Waals surface area contributed by atoms with Gasteiger partial charge in [0.05, 0.1) is 7.11 Å². The number of ether oxygens (including phenoxy) is 1. The molecular formula is C16H18ClN3O. The number of methoxy groups -OCH3 is 1. The number of aromatic nitrogens is 2. The van der Waals surface area contributed by atoms with Gasteiger partial charge in [-0.25, -0.2) is 9.97 Å². The number of nitrogens with one attached hydrogen (secondary N) is 1. The third-order valence-corrected chi connectivity index (χ3v) is 3.71. The Balaban J connectivity index is 1.67. The van der Waals surface area contributed by atoms with Crippen molar-refractivity contribution in [2.24, 2.45) is 5.92 Å². The molecule has 0 spiro atoms. The van der Waals surface area contributed by atoms with Crippen LogP contribution in [0.25, 0.3) is 0 Å². The quantitative estimate of drug-likeness (QED) is 0.827. The predicted octanol–water partition coefficient (Wildman–Crippen LogP) is 3.70. The molecular weight excluding hydrogens is 286 g/mol. The summed E-state index contributed by atoms with van der Waals surface area (Å²) >= 11 is 6.07. The van der Waals surface area contributed by atoms with Crippen molar-refractivity contribution >= 4 is 17.4 Å². The summed E-state index contributed by atoms with van der Waals surface area (Å²) in [7, 11) is 1.67. The Hall–Kier alpha value is -1.81. The lowest BCUT2D eigenvalue weighted by atomic mass is 10.2. The second-order valence-corrected chi connectivity index (χ2v) is 5.73. The molecule has 1 heterocycles. The van der Waals surface area contributed by atoms with Crippen molar-refractivity contribution < 1.29 is 4.74 Å². The monoisotopic (exact) mass is 303 g/mol. The van der Waals surface area contributed by atoms with Crippen LogP contribution < -0.4 is 10.1 Å². The summed E-state index contributed by atoms with van der Waals surface area (Å²) in [6.45, 7) is 0.674.